The molecule has 0 unspecified atom stereocenters. The molecule has 1 aromatic carbocycles. The van der Waals surface area contributed by atoms with Crippen LogP contribution in [0.3, 0.4) is 0 Å². The maximum atomic E-state index is 12.2. The number of hydrogen-bond acceptors (Lipinski definition) is 4. The van der Waals surface area contributed by atoms with E-state index in [0.717, 1.165) is 16.8 Å². The van der Waals surface area contributed by atoms with Crippen LogP contribution in [0, 0.1) is 0 Å². The van der Waals surface area contributed by atoms with Gasteiger partial charge in [0.2, 0.25) is 0 Å². The highest BCUT2D eigenvalue weighted by molar-refractivity contribution is 6.04. The molecule has 2 N–H and O–H groups in total. The first-order valence-corrected chi connectivity index (χ1v) is 6.95. The average Bonchev–Trinajstić information content (AvgIpc) is 2.94. The molecule has 2 aromatic rings. The summed E-state index contributed by atoms with van der Waals surface area (Å²) in [6.07, 6.45) is -2.32. The molecule has 1 aromatic heterocycles. The number of anilines is 1. The van der Waals surface area contributed by atoms with E-state index in [-0.39, 0.29) is 11.3 Å². The molecular weight excluding hydrogens is 343 g/mol. The summed E-state index contributed by atoms with van der Waals surface area (Å²) in [5.41, 5.74) is -1.20. The maximum Gasteiger partial charge on any atom is 0.573 e. The Morgan fingerprint density at radius 1 is 1.28 bits per heavy atom. The molecule has 0 bridgehead atoms. The van der Waals surface area contributed by atoms with Crippen molar-refractivity contribution in [3.05, 3.63) is 42.2 Å². The first-order chi connectivity index (χ1) is 11.5. The van der Waals surface area contributed by atoms with Crippen molar-refractivity contribution in [1.29, 1.82) is 0 Å². The van der Waals surface area contributed by atoms with E-state index in [2.05, 4.69) is 15.2 Å². The fourth-order valence-electron chi connectivity index (χ4n) is 1.83. The van der Waals surface area contributed by atoms with E-state index in [1.807, 2.05) is 0 Å². The highest BCUT2D eigenvalue weighted by Gasteiger charge is 2.32. The molecule has 134 valence electrons. The number of ether oxygens (including phenoxy) is 1. The lowest BCUT2D eigenvalue weighted by Crippen LogP contribution is -2.35. The van der Waals surface area contributed by atoms with Crippen molar-refractivity contribution >= 4 is 17.6 Å². The average molecular weight is 357 g/mol. The Morgan fingerprint density at radius 2 is 1.96 bits per heavy atom. The van der Waals surface area contributed by atoms with Crippen LogP contribution in [-0.2, 0) is 10.3 Å². The number of carbonyl (C=O) groups is 2. The number of carboxylic acids is 1. The number of carboxylic acid groups (broad SMARTS) is 1. The topological polar surface area (TPSA) is 93.5 Å². The third kappa shape index (κ3) is 4.49. The number of amides is 1. The normalized spacial score (nSPS) is 11.9. The number of alkyl halides is 3. The van der Waals surface area contributed by atoms with Gasteiger partial charge in [-0.2, -0.15) is 5.10 Å². The van der Waals surface area contributed by atoms with E-state index in [4.69, 9.17) is 5.11 Å². The van der Waals surface area contributed by atoms with E-state index in [9.17, 15) is 22.8 Å². The molecule has 0 atom stereocenters. The van der Waals surface area contributed by atoms with Crippen LogP contribution >= 0.6 is 0 Å². The van der Waals surface area contributed by atoms with Gasteiger partial charge in [-0.05, 0) is 32.0 Å². The number of aliphatic carboxylic acids is 1. The zero-order valence-electron chi connectivity index (χ0n) is 13.2. The molecule has 25 heavy (non-hydrogen) atoms. The minimum Gasteiger partial charge on any atom is -0.479 e. The zero-order valence-corrected chi connectivity index (χ0v) is 13.2. The molecule has 1 amide bonds. The van der Waals surface area contributed by atoms with Gasteiger partial charge in [0.25, 0.3) is 5.91 Å². The lowest BCUT2D eigenvalue weighted by molar-refractivity contribution is -0.274. The van der Waals surface area contributed by atoms with Crippen molar-refractivity contribution in [2.24, 2.45) is 0 Å². The second kappa shape index (κ2) is 6.46. The SMILES string of the molecule is CC(C)(C(=O)O)n1cc(NC(=O)c2cccc(OC(F)(F)F)c2)cn1. The number of hydrogen-bond donors (Lipinski definition) is 2. The lowest BCUT2D eigenvalue weighted by atomic mass is 10.1. The van der Waals surface area contributed by atoms with Gasteiger partial charge in [0.1, 0.15) is 5.75 Å². The Morgan fingerprint density at radius 3 is 2.56 bits per heavy atom. The molecule has 0 aliphatic carbocycles. The largest absolute Gasteiger partial charge is 0.573 e. The molecule has 10 heteroatoms. The van der Waals surface area contributed by atoms with Crippen LogP contribution in [0.15, 0.2) is 36.7 Å². The molecule has 7 nitrogen and oxygen atoms in total. The lowest BCUT2D eigenvalue weighted by Gasteiger charge is -2.19. The van der Waals surface area contributed by atoms with Crippen LogP contribution in [0.25, 0.3) is 0 Å². The first-order valence-electron chi connectivity index (χ1n) is 6.95. The Kier molecular flexibility index (Phi) is 4.73. The predicted octanol–water partition coefficient (Wildman–Crippen LogP) is 2.85. The van der Waals surface area contributed by atoms with Crippen LogP contribution < -0.4 is 10.1 Å². The second-order valence-electron chi connectivity index (χ2n) is 5.57. The molecule has 0 spiro atoms. The fraction of sp³-hybridized carbons (Fsp3) is 0.267. The molecule has 2 rings (SSSR count). The summed E-state index contributed by atoms with van der Waals surface area (Å²) in [7, 11) is 0. The van der Waals surface area contributed by atoms with Gasteiger partial charge in [0.05, 0.1) is 11.9 Å². The monoisotopic (exact) mass is 357 g/mol. The molecule has 1 heterocycles. The van der Waals surface area contributed by atoms with Crippen LogP contribution in [0.4, 0.5) is 18.9 Å². The van der Waals surface area contributed by atoms with Gasteiger partial charge in [-0.25, -0.2) is 4.79 Å². The number of halogens is 3. The molecular formula is C15H14F3N3O4. The standard InChI is InChI=1S/C15H14F3N3O4/c1-14(2,13(23)24)21-8-10(7-19-21)20-12(22)9-4-3-5-11(6-9)25-15(16,17)18/h3-8H,1-2H3,(H,20,22)(H,23,24). The zero-order chi connectivity index (χ0) is 18.8. The number of aromatic nitrogens is 2. The smallest absolute Gasteiger partial charge is 0.479 e. The second-order valence-corrected chi connectivity index (χ2v) is 5.57. The van der Waals surface area contributed by atoms with Gasteiger partial charge < -0.3 is 15.2 Å². The molecule has 0 radical (unpaired) electrons. The minimum atomic E-state index is -4.86. The minimum absolute atomic E-state index is 0.0630. The van der Waals surface area contributed by atoms with Crippen molar-refractivity contribution in [3.8, 4) is 5.75 Å². The van der Waals surface area contributed by atoms with Crippen molar-refractivity contribution < 1.29 is 32.6 Å². The number of rotatable bonds is 5. The predicted molar refractivity (Wildman–Crippen MR) is 80.3 cm³/mol. The molecule has 0 saturated heterocycles. The Labute approximate surface area is 140 Å². The summed E-state index contributed by atoms with van der Waals surface area (Å²) in [6, 6.07) is 4.56. The summed E-state index contributed by atoms with van der Waals surface area (Å²) >= 11 is 0. The van der Waals surface area contributed by atoms with Gasteiger partial charge in [-0.3, -0.25) is 9.48 Å². The van der Waals surface area contributed by atoms with Crippen molar-refractivity contribution in [3.63, 3.8) is 0 Å². The van der Waals surface area contributed by atoms with Crippen LogP contribution in [0.2, 0.25) is 0 Å². The summed E-state index contributed by atoms with van der Waals surface area (Å²) in [6.45, 7) is 2.85. The molecule has 0 aliphatic heterocycles. The van der Waals surface area contributed by atoms with E-state index in [1.165, 1.54) is 38.4 Å². The quantitative estimate of drug-likeness (QED) is 0.858. The maximum absolute atomic E-state index is 12.2. The van der Waals surface area contributed by atoms with Gasteiger partial charge in [-0.1, -0.05) is 6.07 Å². The molecule has 0 saturated carbocycles. The van der Waals surface area contributed by atoms with Crippen LogP contribution in [0.5, 0.6) is 5.75 Å². The number of carbonyl (C=O) groups excluding carboxylic acids is 1. The van der Waals surface area contributed by atoms with Crippen LogP contribution in [0.1, 0.15) is 24.2 Å². The number of nitrogens with zero attached hydrogens (tertiary/aromatic N) is 2. The summed E-state index contributed by atoms with van der Waals surface area (Å²) in [5, 5.41) is 15.4. The summed E-state index contributed by atoms with van der Waals surface area (Å²) in [4.78, 5) is 23.3. The van der Waals surface area contributed by atoms with E-state index in [0.29, 0.717) is 0 Å². The van der Waals surface area contributed by atoms with Crippen molar-refractivity contribution in [2.45, 2.75) is 25.7 Å². The third-order valence-electron chi connectivity index (χ3n) is 3.27. The van der Waals surface area contributed by atoms with Gasteiger partial charge >= 0.3 is 12.3 Å². The first kappa shape index (κ1) is 18.3. The Hall–Kier alpha value is -3.04. The number of nitrogens with one attached hydrogen (secondary N) is 1. The van der Waals surface area contributed by atoms with Gasteiger partial charge in [-0.15, -0.1) is 13.2 Å². The fourth-order valence-corrected chi connectivity index (χ4v) is 1.83. The van der Waals surface area contributed by atoms with Gasteiger partial charge in [0.15, 0.2) is 5.54 Å². The molecule has 0 aliphatic rings. The van der Waals surface area contributed by atoms with Crippen LogP contribution in [-0.4, -0.2) is 33.1 Å². The highest BCUT2D eigenvalue weighted by atomic mass is 19.4. The van der Waals surface area contributed by atoms with E-state index in [1.54, 1.807) is 0 Å². The van der Waals surface area contributed by atoms with Crippen molar-refractivity contribution in [2.75, 3.05) is 5.32 Å². The van der Waals surface area contributed by atoms with E-state index >= 15 is 0 Å². The number of benzene rings is 1. The third-order valence-corrected chi connectivity index (χ3v) is 3.27. The molecule has 0 fully saturated rings. The Bertz CT molecular complexity index is 799. The highest BCUT2D eigenvalue weighted by Crippen LogP contribution is 2.24. The van der Waals surface area contributed by atoms with Gasteiger partial charge in [0, 0.05) is 11.8 Å². The Balaban J connectivity index is 2.14. The van der Waals surface area contributed by atoms with Crippen molar-refractivity contribution in [1.82, 2.24) is 9.78 Å². The van der Waals surface area contributed by atoms with E-state index < -0.39 is 29.5 Å². The summed E-state index contributed by atoms with van der Waals surface area (Å²) in [5.74, 6) is -2.34. The summed E-state index contributed by atoms with van der Waals surface area (Å²) < 4.78 is 41.6.